The minimum atomic E-state index is -1.10. The van der Waals surface area contributed by atoms with Gasteiger partial charge in [-0.3, -0.25) is 9.59 Å². The van der Waals surface area contributed by atoms with E-state index >= 15 is 0 Å². The lowest BCUT2D eigenvalue weighted by Crippen LogP contribution is -2.49. The van der Waals surface area contributed by atoms with Crippen molar-refractivity contribution >= 4 is 17.8 Å². The smallest absolute Gasteiger partial charge is 0.328 e. The van der Waals surface area contributed by atoms with Crippen LogP contribution in [-0.2, 0) is 20.8 Å². The lowest BCUT2D eigenvalue weighted by atomic mass is 9.90. The van der Waals surface area contributed by atoms with Gasteiger partial charge in [0.25, 0.3) is 0 Å². The maximum Gasteiger partial charge on any atom is 0.328 e. The number of H-pyrrole nitrogens is 1. The van der Waals surface area contributed by atoms with E-state index in [4.69, 9.17) is 5.11 Å². The molecule has 0 saturated heterocycles. The largest absolute Gasteiger partial charge is 0.478 e. The summed E-state index contributed by atoms with van der Waals surface area (Å²) in [6.45, 7) is 0.0290. The van der Waals surface area contributed by atoms with E-state index in [9.17, 15) is 14.4 Å². The number of carboxylic acids is 1. The predicted octanol–water partition coefficient (Wildman–Crippen LogP) is 2.03. The molecule has 1 heterocycles. The average Bonchev–Trinajstić information content (AvgIpc) is 3.31. The number of benzene rings is 2. The number of carboxylic acid groups (broad SMARTS) is 1. The Morgan fingerprint density at radius 3 is 2.12 bits per heavy atom. The van der Waals surface area contributed by atoms with Crippen molar-refractivity contribution in [1.82, 2.24) is 20.6 Å². The van der Waals surface area contributed by atoms with Crippen LogP contribution in [0.15, 0.2) is 85.3 Å². The van der Waals surface area contributed by atoms with Crippen LogP contribution in [0.3, 0.4) is 0 Å². The van der Waals surface area contributed by atoms with E-state index in [1.54, 1.807) is 6.20 Å². The molecule has 0 bridgehead atoms. The van der Waals surface area contributed by atoms with Gasteiger partial charge in [-0.1, -0.05) is 66.7 Å². The highest BCUT2D eigenvalue weighted by molar-refractivity contribution is 5.92. The lowest BCUT2D eigenvalue weighted by molar-refractivity contribution is -0.131. The molecule has 8 heteroatoms. The van der Waals surface area contributed by atoms with Crippen LogP contribution in [-0.4, -0.2) is 45.4 Å². The quantitative estimate of drug-likeness (QED) is 0.365. The SMILES string of the molecule is O=C(O)C=CCNC(=O)C(Cc1cnc[nH]1)NC(=O)C(c1ccccc1)c1ccccc1. The Morgan fingerprint density at radius 2 is 1.59 bits per heavy atom. The van der Waals surface area contributed by atoms with Gasteiger partial charge in [-0.25, -0.2) is 9.78 Å². The maximum absolute atomic E-state index is 13.4. The summed E-state index contributed by atoms with van der Waals surface area (Å²) < 4.78 is 0. The molecule has 4 N–H and O–H groups in total. The van der Waals surface area contributed by atoms with Gasteiger partial charge in [0.2, 0.25) is 11.8 Å². The number of hydrogen-bond donors (Lipinski definition) is 4. The van der Waals surface area contributed by atoms with Crippen LogP contribution < -0.4 is 10.6 Å². The highest BCUT2D eigenvalue weighted by Gasteiger charge is 2.28. The third-order valence-electron chi connectivity index (χ3n) is 4.79. The number of aromatic amines is 1. The van der Waals surface area contributed by atoms with Crippen molar-refractivity contribution in [3.8, 4) is 0 Å². The number of amides is 2. The van der Waals surface area contributed by atoms with Gasteiger partial charge in [0.05, 0.1) is 12.2 Å². The van der Waals surface area contributed by atoms with E-state index in [1.807, 2.05) is 60.7 Å². The molecule has 8 nitrogen and oxygen atoms in total. The Balaban J connectivity index is 1.81. The first-order valence-corrected chi connectivity index (χ1v) is 10.1. The zero-order chi connectivity index (χ0) is 22.8. The van der Waals surface area contributed by atoms with Gasteiger partial charge >= 0.3 is 5.97 Å². The number of carbonyl (C=O) groups is 3. The number of imidazole rings is 1. The van der Waals surface area contributed by atoms with Crippen LogP contribution >= 0.6 is 0 Å². The molecule has 2 amide bonds. The lowest BCUT2D eigenvalue weighted by Gasteiger charge is -2.23. The topological polar surface area (TPSA) is 124 Å². The van der Waals surface area contributed by atoms with E-state index in [0.717, 1.165) is 17.2 Å². The zero-order valence-electron chi connectivity index (χ0n) is 17.3. The van der Waals surface area contributed by atoms with E-state index in [1.165, 1.54) is 12.4 Å². The van der Waals surface area contributed by atoms with Crippen molar-refractivity contribution in [2.45, 2.75) is 18.4 Å². The zero-order valence-corrected chi connectivity index (χ0v) is 17.3. The van der Waals surface area contributed by atoms with Crippen LogP contribution in [0.25, 0.3) is 0 Å². The second-order valence-electron chi connectivity index (χ2n) is 7.08. The van der Waals surface area contributed by atoms with E-state index in [2.05, 4.69) is 20.6 Å². The van der Waals surface area contributed by atoms with Crippen molar-refractivity contribution in [2.75, 3.05) is 6.54 Å². The molecule has 1 unspecified atom stereocenters. The molecule has 3 rings (SSSR count). The fourth-order valence-corrected chi connectivity index (χ4v) is 3.31. The molecular formula is C24H24N4O4. The minimum Gasteiger partial charge on any atom is -0.478 e. The Bertz CT molecular complexity index is 1010. The summed E-state index contributed by atoms with van der Waals surface area (Å²) >= 11 is 0. The van der Waals surface area contributed by atoms with Crippen molar-refractivity contribution in [3.63, 3.8) is 0 Å². The number of carbonyl (C=O) groups excluding carboxylic acids is 2. The molecule has 0 radical (unpaired) electrons. The molecule has 0 aliphatic rings. The third kappa shape index (κ3) is 6.40. The average molecular weight is 432 g/mol. The van der Waals surface area contributed by atoms with Gasteiger partial charge in [-0.15, -0.1) is 0 Å². The summed E-state index contributed by atoms with van der Waals surface area (Å²) in [4.78, 5) is 43.7. The van der Waals surface area contributed by atoms with Gasteiger partial charge in [-0.2, -0.15) is 0 Å². The van der Waals surface area contributed by atoms with Crippen LogP contribution in [0.1, 0.15) is 22.7 Å². The normalized spacial score (nSPS) is 11.9. The predicted molar refractivity (Wildman–Crippen MR) is 119 cm³/mol. The fourth-order valence-electron chi connectivity index (χ4n) is 3.31. The monoisotopic (exact) mass is 432 g/mol. The molecule has 32 heavy (non-hydrogen) atoms. The van der Waals surface area contributed by atoms with Crippen molar-refractivity contribution in [3.05, 3.63) is 102 Å². The molecule has 3 aromatic rings. The van der Waals surface area contributed by atoms with Crippen LogP contribution in [0.5, 0.6) is 0 Å². The first-order valence-electron chi connectivity index (χ1n) is 10.1. The van der Waals surface area contributed by atoms with Crippen LogP contribution in [0.4, 0.5) is 0 Å². The Kier molecular flexibility index (Phi) is 7.91. The van der Waals surface area contributed by atoms with Gasteiger partial charge < -0.3 is 20.7 Å². The highest BCUT2D eigenvalue weighted by Crippen LogP contribution is 2.25. The minimum absolute atomic E-state index is 0.0290. The molecule has 164 valence electrons. The van der Waals surface area contributed by atoms with Crippen LogP contribution in [0, 0.1) is 0 Å². The highest BCUT2D eigenvalue weighted by atomic mass is 16.4. The van der Waals surface area contributed by atoms with Crippen molar-refractivity contribution < 1.29 is 19.5 Å². The molecule has 2 aromatic carbocycles. The van der Waals surface area contributed by atoms with Gasteiger partial charge in [0.1, 0.15) is 6.04 Å². The molecule has 0 fully saturated rings. The fraction of sp³-hybridized carbons (Fsp3) is 0.167. The summed E-state index contributed by atoms with van der Waals surface area (Å²) in [6.07, 6.45) is 5.56. The summed E-state index contributed by atoms with van der Waals surface area (Å²) in [5, 5.41) is 14.2. The Morgan fingerprint density at radius 1 is 0.969 bits per heavy atom. The first kappa shape index (κ1) is 22.5. The Labute approximate surface area is 185 Å². The first-order chi connectivity index (χ1) is 15.5. The van der Waals surface area contributed by atoms with Crippen LogP contribution in [0.2, 0.25) is 0 Å². The van der Waals surface area contributed by atoms with Crippen molar-refractivity contribution in [2.24, 2.45) is 0 Å². The van der Waals surface area contributed by atoms with E-state index in [0.29, 0.717) is 5.69 Å². The molecule has 0 spiro atoms. The summed E-state index contributed by atoms with van der Waals surface area (Å²) in [5.74, 6) is -2.44. The van der Waals surface area contributed by atoms with Crippen molar-refractivity contribution in [1.29, 1.82) is 0 Å². The number of rotatable bonds is 10. The molecule has 1 aromatic heterocycles. The number of aliphatic carboxylic acids is 1. The summed E-state index contributed by atoms with van der Waals surface area (Å²) in [6, 6.07) is 17.8. The third-order valence-corrected chi connectivity index (χ3v) is 4.79. The van der Waals surface area contributed by atoms with Gasteiger partial charge in [0.15, 0.2) is 0 Å². The number of aromatic nitrogens is 2. The molecule has 0 aliphatic heterocycles. The van der Waals surface area contributed by atoms with E-state index in [-0.39, 0.29) is 18.9 Å². The maximum atomic E-state index is 13.4. The summed E-state index contributed by atoms with van der Waals surface area (Å²) in [7, 11) is 0. The Hall–Kier alpha value is -4.20. The number of nitrogens with zero attached hydrogens (tertiary/aromatic N) is 1. The standard InChI is InChI=1S/C24H24N4O4/c29-21(30)12-7-13-26-23(31)20(14-19-15-25-16-27-19)28-24(32)22(17-8-3-1-4-9-17)18-10-5-2-6-11-18/h1-12,15-16,20,22H,13-14H2,(H,25,27)(H,26,31)(H,28,32)(H,29,30). The molecule has 1 atom stereocenters. The number of hydrogen-bond acceptors (Lipinski definition) is 4. The molecule has 0 saturated carbocycles. The second-order valence-corrected chi connectivity index (χ2v) is 7.08. The molecule has 0 aliphatic carbocycles. The summed E-state index contributed by atoms with van der Waals surface area (Å²) in [5.41, 5.74) is 2.30. The molecular weight excluding hydrogens is 408 g/mol. The number of nitrogens with one attached hydrogen (secondary N) is 3. The van der Waals surface area contributed by atoms with E-state index < -0.39 is 23.8 Å². The van der Waals surface area contributed by atoms with Gasteiger partial charge in [-0.05, 0) is 11.1 Å². The van der Waals surface area contributed by atoms with Gasteiger partial charge in [0, 0.05) is 30.9 Å². The second kappa shape index (κ2) is 11.3.